The van der Waals surface area contributed by atoms with E-state index < -0.39 is 0 Å². The molecule has 0 fully saturated rings. The molecule has 1 nitrogen and oxygen atoms in total. The Morgan fingerprint density at radius 3 is 2.56 bits per heavy atom. The van der Waals surface area contributed by atoms with Crippen molar-refractivity contribution in [3.05, 3.63) is 34.9 Å². The van der Waals surface area contributed by atoms with Crippen LogP contribution < -0.4 is 0 Å². The minimum atomic E-state index is 0.632. The van der Waals surface area contributed by atoms with Gasteiger partial charge in [0, 0.05) is 23.6 Å². The van der Waals surface area contributed by atoms with Crippen molar-refractivity contribution in [2.45, 2.75) is 32.6 Å². The Bertz CT molecular complexity index is 313. The van der Waals surface area contributed by atoms with Gasteiger partial charge in [-0.25, -0.2) is 0 Å². The molecular formula is C15H22BrClO. The zero-order chi connectivity index (χ0) is 13.2. The van der Waals surface area contributed by atoms with Gasteiger partial charge in [-0.05, 0) is 42.9 Å². The third-order valence-corrected chi connectivity index (χ3v) is 4.14. The first-order valence-corrected chi connectivity index (χ1v) is 8.14. The van der Waals surface area contributed by atoms with Crippen LogP contribution in [0.15, 0.2) is 24.3 Å². The zero-order valence-electron chi connectivity index (χ0n) is 11.0. The molecule has 102 valence electrons. The molecule has 1 atom stereocenters. The monoisotopic (exact) mass is 332 g/mol. The van der Waals surface area contributed by atoms with Crippen molar-refractivity contribution in [2.24, 2.45) is 5.92 Å². The molecule has 1 unspecified atom stereocenters. The Balaban J connectivity index is 2.26. The van der Waals surface area contributed by atoms with Gasteiger partial charge < -0.3 is 4.74 Å². The number of halogens is 2. The number of unbranched alkanes of at least 4 members (excludes halogenated alkanes) is 1. The molecule has 0 saturated heterocycles. The normalized spacial score (nSPS) is 12.6. The Morgan fingerprint density at radius 2 is 1.94 bits per heavy atom. The van der Waals surface area contributed by atoms with Gasteiger partial charge in [0.2, 0.25) is 0 Å². The summed E-state index contributed by atoms with van der Waals surface area (Å²) in [6.07, 6.45) is 4.56. The van der Waals surface area contributed by atoms with Crippen molar-refractivity contribution < 1.29 is 4.74 Å². The van der Waals surface area contributed by atoms with Gasteiger partial charge in [-0.15, -0.1) is 0 Å². The highest BCUT2D eigenvalue weighted by molar-refractivity contribution is 9.09. The Hall–Kier alpha value is -0.0500. The maximum atomic E-state index is 5.88. The number of alkyl halides is 1. The molecule has 3 heteroatoms. The highest BCUT2D eigenvalue weighted by Crippen LogP contribution is 2.17. The molecule has 0 radical (unpaired) electrons. The van der Waals surface area contributed by atoms with E-state index >= 15 is 0 Å². The molecule has 1 aromatic rings. The molecule has 0 N–H and O–H groups in total. The average molecular weight is 334 g/mol. The summed E-state index contributed by atoms with van der Waals surface area (Å²) in [4.78, 5) is 0. The smallest absolute Gasteiger partial charge is 0.0469 e. The van der Waals surface area contributed by atoms with Crippen LogP contribution >= 0.6 is 27.5 Å². The molecule has 0 aliphatic rings. The summed E-state index contributed by atoms with van der Waals surface area (Å²) in [5.74, 6) is 0.632. The van der Waals surface area contributed by atoms with Crippen LogP contribution in [0.25, 0.3) is 0 Å². The van der Waals surface area contributed by atoms with Crippen molar-refractivity contribution in [1.29, 1.82) is 0 Å². The number of hydrogen-bond donors (Lipinski definition) is 0. The van der Waals surface area contributed by atoms with Crippen LogP contribution in [0.2, 0.25) is 5.02 Å². The first-order valence-electron chi connectivity index (χ1n) is 6.64. The topological polar surface area (TPSA) is 9.23 Å². The second-order valence-corrected chi connectivity index (χ2v) is 5.69. The van der Waals surface area contributed by atoms with Gasteiger partial charge in [-0.2, -0.15) is 0 Å². The van der Waals surface area contributed by atoms with E-state index in [-0.39, 0.29) is 0 Å². The van der Waals surface area contributed by atoms with E-state index in [0.717, 1.165) is 42.8 Å². The molecule has 1 rings (SSSR count). The van der Waals surface area contributed by atoms with Gasteiger partial charge in [0.25, 0.3) is 0 Å². The molecule has 18 heavy (non-hydrogen) atoms. The lowest BCUT2D eigenvalue weighted by atomic mass is 9.98. The van der Waals surface area contributed by atoms with Crippen LogP contribution in [0, 0.1) is 5.92 Å². The van der Waals surface area contributed by atoms with E-state index in [1.165, 1.54) is 12.0 Å². The molecule has 0 aliphatic carbocycles. The molecule has 0 aliphatic heterocycles. The molecule has 1 aromatic carbocycles. The Kier molecular flexibility index (Phi) is 8.74. The van der Waals surface area contributed by atoms with Gasteiger partial charge in [0.05, 0.1) is 0 Å². The number of benzene rings is 1. The summed E-state index contributed by atoms with van der Waals surface area (Å²) in [5.41, 5.74) is 1.34. The van der Waals surface area contributed by atoms with Gasteiger partial charge in [-0.3, -0.25) is 0 Å². The molecule has 0 amide bonds. The maximum absolute atomic E-state index is 5.88. The largest absolute Gasteiger partial charge is 0.381 e. The quantitative estimate of drug-likeness (QED) is 0.451. The fourth-order valence-corrected chi connectivity index (χ4v) is 2.46. The Morgan fingerprint density at radius 1 is 1.22 bits per heavy atom. The van der Waals surface area contributed by atoms with Crippen LogP contribution in [0.4, 0.5) is 0 Å². The van der Waals surface area contributed by atoms with Gasteiger partial charge >= 0.3 is 0 Å². The predicted octanol–water partition coefficient (Wildman–Crippen LogP) is 5.10. The van der Waals surface area contributed by atoms with E-state index in [1.807, 2.05) is 12.1 Å². The van der Waals surface area contributed by atoms with Gasteiger partial charge in [0.1, 0.15) is 0 Å². The van der Waals surface area contributed by atoms with Gasteiger partial charge in [0.15, 0.2) is 0 Å². The lowest BCUT2D eigenvalue weighted by Crippen LogP contribution is -2.10. The summed E-state index contributed by atoms with van der Waals surface area (Å²) in [6.45, 7) is 3.95. The van der Waals surface area contributed by atoms with Crippen LogP contribution in [0.3, 0.4) is 0 Å². The SMILES string of the molecule is CCCCOCCC(CBr)Cc1ccc(Cl)cc1. The lowest BCUT2D eigenvalue weighted by Gasteiger charge is -2.14. The fraction of sp³-hybridized carbons (Fsp3) is 0.600. The highest BCUT2D eigenvalue weighted by Gasteiger charge is 2.08. The third-order valence-electron chi connectivity index (χ3n) is 2.97. The van der Waals surface area contributed by atoms with Crippen molar-refractivity contribution >= 4 is 27.5 Å². The fourth-order valence-electron chi connectivity index (χ4n) is 1.79. The van der Waals surface area contributed by atoms with Crippen molar-refractivity contribution in [3.63, 3.8) is 0 Å². The average Bonchev–Trinajstić information content (AvgIpc) is 2.39. The predicted molar refractivity (Wildman–Crippen MR) is 82.8 cm³/mol. The molecule has 0 spiro atoms. The second-order valence-electron chi connectivity index (χ2n) is 4.61. The number of ether oxygens (including phenoxy) is 1. The van der Waals surface area contributed by atoms with E-state index in [4.69, 9.17) is 16.3 Å². The second kappa shape index (κ2) is 9.82. The van der Waals surface area contributed by atoms with Crippen LogP contribution in [0.5, 0.6) is 0 Å². The summed E-state index contributed by atoms with van der Waals surface area (Å²) in [5, 5.41) is 1.82. The summed E-state index contributed by atoms with van der Waals surface area (Å²) in [7, 11) is 0. The van der Waals surface area contributed by atoms with E-state index in [2.05, 4.69) is 35.0 Å². The van der Waals surface area contributed by atoms with Crippen molar-refractivity contribution in [2.75, 3.05) is 18.5 Å². The maximum Gasteiger partial charge on any atom is 0.0469 e. The molecule has 0 saturated carbocycles. The molecule has 0 aromatic heterocycles. The lowest BCUT2D eigenvalue weighted by molar-refractivity contribution is 0.120. The first-order chi connectivity index (χ1) is 8.76. The Labute approximate surface area is 124 Å². The van der Waals surface area contributed by atoms with E-state index in [0.29, 0.717) is 5.92 Å². The van der Waals surface area contributed by atoms with E-state index in [1.54, 1.807) is 0 Å². The molecule has 0 bridgehead atoms. The standard InChI is InChI=1S/C15H22BrClO/c1-2-3-9-18-10-8-14(12-16)11-13-4-6-15(17)7-5-13/h4-7,14H,2-3,8-12H2,1H3. The highest BCUT2D eigenvalue weighted by atomic mass is 79.9. The van der Waals surface area contributed by atoms with E-state index in [9.17, 15) is 0 Å². The minimum absolute atomic E-state index is 0.632. The number of hydrogen-bond acceptors (Lipinski definition) is 1. The summed E-state index contributed by atoms with van der Waals surface area (Å²) >= 11 is 9.47. The number of rotatable bonds is 9. The van der Waals surface area contributed by atoms with Crippen LogP contribution in [-0.2, 0) is 11.2 Å². The molecular weight excluding hydrogens is 312 g/mol. The van der Waals surface area contributed by atoms with Crippen LogP contribution in [0.1, 0.15) is 31.7 Å². The zero-order valence-corrected chi connectivity index (χ0v) is 13.3. The summed E-state index contributed by atoms with van der Waals surface area (Å²) in [6, 6.07) is 8.13. The summed E-state index contributed by atoms with van der Waals surface area (Å²) < 4.78 is 5.62. The molecule has 0 heterocycles. The van der Waals surface area contributed by atoms with Gasteiger partial charge in [-0.1, -0.05) is 53.0 Å². The minimum Gasteiger partial charge on any atom is -0.381 e. The van der Waals surface area contributed by atoms with Crippen LogP contribution in [-0.4, -0.2) is 18.5 Å². The third kappa shape index (κ3) is 6.77. The van der Waals surface area contributed by atoms with Crippen molar-refractivity contribution in [3.8, 4) is 0 Å². The first kappa shape index (κ1) is 16.0. The van der Waals surface area contributed by atoms with Crippen molar-refractivity contribution in [1.82, 2.24) is 0 Å².